The molecule has 0 aliphatic carbocycles. The average molecular weight is 729 g/mol. The van der Waals surface area contributed by atoms with Gasteiger partial charge in [-0.15, -0.1) is 0 Å². The molecule has 0 radical (unpaired) electrons. The summed E-state index contributed by atoms with van der Waals surface area (Å²) in [5, 5.41) is 21.9. The topological polar surface area (TPSA) is 115 Å². The molecule has 0 aliphatic rings. The monoisotopic (exact) mass is 728 g/mol. The third-order valence-electron chi connectivity index (χ3n) is 9.27. The van der Waals surface area contributed by atoms with Crippen LogP contribution in [0.2, 0.25) is 0 Å². The van der Waals surface area contributed by atoms with Crippen LogP contribution in [0.15, 0.2) is 58.3 Å². The van der Waals surface area contributed by atoms with Crippen molar-refractivity contribution in [2.75, 3.05) is 13.1 Å². The molecule has 50 heavy (non-hydrogen) atoms. The number of hydrogen-bond acceptors (Lipinski definition) is 6. The molecule has 0 aromatic heterocycles. The van der Waals surface area contributed by atoms with Gasteiger partial charge in [0.1, 0.15) is 11.5 Å². The third-order valence-corrected chi connectivity index (χ3v) is 12.9. The Morgan fingerprint density at radius 1 is 0.540 bits per heavy atom. The molecule has 0 unspecified atom stereocenters. The predicted octanol–water partition coefficient (Wildman–Crippen LogP) is 9.57. The Morgan fingerprint density at radius 3 is 1.10 bits per heavy atom. The zero-order valence-corrected chi connectivity index (χ0v) is 33.5. The lowest BCUT2D eigenvalue weighted by molar-refractivity contribution is 0.395. The van der Waals surface area contributed by atoms with E-state index in [-0.39, 0.29) is 71.1 Å². The molecular formula is C40H60N2O6S2. The van der Waals surface area contributed by atoms with Crippen LogP contribution >= 0.6 is 0 Å². The molecule has 3 aromatic carbocycles. The summed E-state index contributed by atoms with van der Waals surface area (Å²) < 4.78 is 60.2. The fraction of sp³-hybridized carbons (Fsp3) is 0.550. The Balaban J connectivity index is 2.08. The summed E-state index contributed by atoms with van der Waals surface area (Å²) in [5.74, 6) is 0.672. The maximum atomic E-state index is 14.3. The van der Waals surface area contributed by atoms with Crippen molar-refractivity contribution in [3.63, 3.8) is 0 Å². The van der Waals surface area contributed by atoms with E-state index in [0.29, 0.717) is 12.8 Å². The summed E-state index contributed by atoms with van der Waals surface area (Å²) in [4.78, 5) is -0.156. The first-order chi connectivity index (χ1) is 23.4. The maximum Gasteiger partial charge on any atom is 0.243 e. The fourth-order valence-electron chi connectivity index (χ4n) is 6.17. The molecule has 10 heteroatoms. The van der Waals surface area contributed by atoms with Crippen molar-refractivity contribution in [2.24, 2.45) is 0 Å². The highest BCUT2D eigenvalue weighted by molar-refractivity contribution is 7.90. The fourth-order valence-corrected chi connectivity index (χ4v) is 9.27. The molecule has 0 fully saturated rings. The van der Waals surface area contributed by atoms with Crippen LogP contribution in [0.3, 0.4) is 0 Å². The van der Waals surface area contributed by atoms with Crippen LogP contribution in [-0.4, -0.2) is 48.7 Å². The number of hydrogen-bond donors (Lipinski definition) is 2. The van der Waals surface area contributed by atoms with Gasteiger partial charge in [0.25, 0.3) is 0 Å². The summed E-state index contributed by atoms with van der Waals surface area (Å²) in [6.45, 7) is 20.7. The number of sulfonamides is 2. The van der Waals surface area contributed by atoms with E-state index in [1.54, 1.807) is 0 Å². The van der Waals surface area contributed by atoms with E-state index >= 15 is 0 Å². The van der Waals surface area contributed by atoms with Gasteiger partial charge in [-0.1, -0.05) is 112 Å². The number of benzene rings is 3. The molecule has 0 heterocycles. The van der Waals surface area contributed by atoms with Crippen LogP contribution in [0.25, 0.3) is 0 Å². The van der Waals surface area contributed by atoms with Crippen LogP contribution in [-0.2, 0) is 33.1 Å². The smallest absolute Gasteiger partial charge is 0.243 e. The molecular weight excluding hydrogens is 669 g/mol. The lowest BCUT2D eigenvalue weighted by Crippen LogP contribution is -2.33. The SMILES string of the molecule is CCCCN(Cc1cc(C(C)C)c(O)c(C(C)C)c1)S(=O)(=O)c1cccc(S(=O)(=O)N(CCCC)Cc2cc(C(C)C)c(O)c(C(C)C)c2)c1. The first-order valence-corrected chi connectivity index (χ1v) is 21.1. The molecule has 3 rings (SSSR count). The highest BCUT2D eigenvalue weighted by Gasteiger charge is 2.30. The van der Waals surface area contributed by atoms with Crippen molar-refractivity contribution < 1.29 is 27.0 Å². The number of rotatable bonds is 18. The summed E-state index contributed by atoms with van der Waals surface area (Å²) in [6.07, 6.45) is 2.84. The van der Waals surface area contributed by atoms with Gasteiger partial charge in [-0.2, -0.15) is 8.61 Å². The molecule has 0 atom stereocenters. The molecule has 278 valence electrons. The van der Waals surface area contributed by atoms with Gasteiger partial charge in [0.2, 0.25) is 20.0 Å². The molecule has 3 aromatic rings. The lowest BCUT2D eigenvalue weighted by Gasteiger charge is -2.26. The number of phenols is 2. The maximum absolute atomic E-state index is 14.3. The number of aromatic hydroxyl groups is 2. The second kappa shape index (κ2) is 17.5. The Bertz CT molecular complexity index is 1630. The van der Waals surface area contributed by atoms with Gasteiger partial charge in [-0.25, -0.2) is 16.8 Å². The minimum Gasteiger partial charge on any atom is -0.507 e. The highest BCUT2D eigenvalue weighted by atomic mass is 32.2. The quantitative estimate of drug-likeness (QED) is 0.135. The van der Waals surface area contributed by atoms with Gasteiger partial charge < -0.3 is 10.2 Å². The van der Waals surface area contributed by atoms with Crippen molar-refractivity contribution in [3.8, 4) is 11.5 Å². The number of unbranched alkanes of at least 4 members (excludes halogenated alkanes) is 2. The molecule has 0 saturated carbocycles. The van der Waals surface area contributed by atoms with Crippen LogP contribution < -0.4 is 0 Å². The second-order valence-corrected chi connectivity index (χ2v) is 18.6. The summed E-state index contributed by atoms with van der Waals surface area (Å²) in [5.41, 5.74) is 4.64. The van der Waals surface area contributed by atoms with Gasteiger partial charge >= 0.3 is 0 Å². The van der Waals surface area contributed by atoms with Crippen molar-refractivity contribution in [1.82, 2.24) is 8.61 Å². The standard InChI is InChI=1S/C40H60N2O6S2/c1-11-13-18-41(25-31-20-35(27(3)4)39(43)36(21-31)28(5)6)49(45,46)33-16-15-17-34(24-33)50(47,48)42(19-14-12-2)26-32-22-37(29(7)8)40(44)38(23-32)30(9)10/h15-17,20-24,27-30,43-44H,11-14,18-19,25-26H2,1-10H3. The molecule has 0 aliphatic heterocycles. The third kappa shape index (κ3) is 9.69. The van der Waals surface area contributed by atoms with E-state index in [1.165, 1.54) is 32.9 Å². The molecule has 8 nitrogen and oxygen atoms in total. The van der Waals surface area contributed by atoms with Gasteiger partial charge in [0.05, 0.1) is 9.79 Å². The van der Waals surface area contributed by atoms with E-state index < -0.39 is 20.0 Å². The minimum absolute atomic E-state index is 0.0428. The first-order valence-electron chi connectivity index (χ1n) is 18.2. The lowest BCUT2D eigenvalue weighted by atomic mass is 9.91. The Kier molecular flexibility index (Phi) is 14.6. The zero-order valence-electron chi connectivity index (χ0n) is 31.8. The van der Waals surface area contributed by atoms with Crippen molar-refractivity contribution in [1.29, 1.82) is 0 Å². The van der Waals surface area contributed by atoms with Crippen molar-refractivity contribution in [2.45, 2.75) is 141 Å². The summed E-state index contributed by atoms with van der Waals surface area (Å²) >= 11 is 0. The second-order valence-electron chi connectivity index (χ2n) is 14.7. The van der Waals surface area contributed by atoms with Gasteiger partial charge in [0.15, 0.2) is 0 Å². The number of nitrogens with zero attached hydrogens (tertiary/aromatic N) is 2. The van der Waals surface area contributed by atoms with E-state index in [0.717, 1.165) is 46.2 Å². The minimum atomic E-state index is -4.11. The van der Waals surface area contributed by atoms with Gasteiger partial charge in [-0.3, -0.25) is 0 Å². The van der Waals surface area contributed by atoms with Crippen LogP contribution in [0.5, 0.6) is 11.5 Å². The highest BCUT2D eigenvalue weighted by Crippen LogP contribution is 2.37. The van der Waals surface area contributed by atoms with Gasteiger partial charge in [-0.05, 0) is 88.1 Å². The summed E-state index contributed by atoms with van der Waals surface area (Å²) in [7, 11) is -8.21. The largest absolute Gasteiger partial charge is 0.507 e. The molecule has 0 bridgehead atoms. The zero-order chi connectivity index (χ0) is 37.6. The van der Waals surface area contributed by atoms with Crippen LogP contribution in [0.4, 0.5) is 0 Å². The normalized spacial score (nSPS) is 12.8. The average Bonchev–Trinajstić information content (AvgIpc) is 3.05. The van der Waals surface area contributed by atoms with Crippen molar-refractivity contribution >= 4 is 20.0 Å². The first kappa shape index (κ1) is 41.5. The van der Waals surface area contributed by atoms with Crippen LogP contribution in [0.1, 0.15) is 152 Å². The summed E-state index contributed by atoms with van der Waals surface area (Å²) in [6, 6.07) is 13.2. The van der Waals surface area contributed by atoms with Crippen LogP contribution in [0, 0.1) is 0 Å². The van der Waals surface area contributed by atoms with E-state index in [2.05, 4.69) is 0 Å². The Hall–Kier alpha value is -2.92. The molecule has 0 amide bonds. The number of phenolic OH excluding ortho intramolecular Hbond substituents is 2. The van der Waals surface area contributed by atoms with E-state index in [9.17, 15) is 27.0 Å². The molecule has 0 saturated heterocycles. The van der Waals surface area contributed by atoms with E-state index in [4.69, 9.17) is 0 Å². The van der Waals surface area contributed by atoms with Crippen molar-refractivity contribution in [3.05, 3.63) is 81.9 Å². The van der Waals surface area contributed by atoms with E-state index in [1.807, 2.05) is 93.5 Å². The predicted molar refractivity (Wildman–Crippen MR) is 204 cm³/mol. The Labute approximate surface area is 302 Å². The molecule has 2 N–H and O–H groups in total. The van der Waals surface area contributed by atoms with Gasteiger partial charge in [0, 0.05) is 26.2 Å². The Morgan fingerprint density at radius 2 is 0.840 bits per heavy atom. The molecule has 0 spiro atoms.